The highest BCUT2D eigenvalue weighted by Gasteiger charge is 2.30. The minimum Gasteiger partial charge on any atom is -0.462 e. The summed E-state index contributed by atoms with van der Waals surface area (Å²) >= 11 is 0. The highest BCUT2D eigenvalue weighted by Crippen LogP contribution is 2.26. The second-order valence-electron chi connectivity index (χ2n) is 3.02. The zero-order valence-electron chi connectivity index (χ0n) is 9.02. The summed E-state index contributed by atoms with van der Waals surface area (Å²) in [6, 6.07) is 0.378. The maximum atomic E-state index is 13.0. The lowest BCUT2D eigenvalue weighted by Gasteiger charge is -2.05. The third-order valence-corrected chi connectivity index (χ3v) is 1.89. The number of hydrogen-bond donors (Lipinski definition) is 0. The Bertz CT molecular complexity index is 493. The van der Waals surface area contributed by atoms with E-state index in [4.69, 9.17) is 0 Å². The lowest BCUT2D eigenvalue weighted by atomic mass is 10.2. The fourth-order valence-electron chi connectivity index (χ4n) is 1.15. The topological polar surface area (TPSA) is 82.3 Å². The van der Waals surface area contributed by atoms with Crippen molar-refractivity contribution in [2.45, 2.75) is 13.3 Å². The van der Waals surface area contributed by atoms with Crippen LogP contribution in [0.5, 0.6) is 0 Å². The molecule has 0 saturated carbocycles. The van der Waals surface area contributed by atoms with Crippen molar-refractivity contribution in [1.29, 1.82) is 0 Å². The van der Waals surface area contributed by atoms with Crippen LogP contribution in [-0.2, 0) is 4.74 Å². The molecule has 0 radical (unpaired) electrons. The molecule has 0 atom stereocenters. The molecule has 1 heterocycles. The molecule has 0 aromatic carbocycles. The van der Waals surface area contributed by atoms with E-state index in [0.717, 1.165) is 0 Å². The van der Waals surface area contributed by atoms with E-state index >= 15 is 0 Å². The van der Waals surface area contributed by atoms with Gasteiger partial charge in [0.25, 0.3) is 6.43 Å². The number of nitro groups is 1. The lowest BCUT2D eigenvalue weighted by Crippen LogP contribution is -2.12. The summed E-state index contributed by atoms with van der Waals surface area (Å²) in [5.41, 5.74) is -2.00. The van der Waals surface area contributed by atoms with Crippen molar-refractivity contribution in [3.05, 3.63) is 33.3 Å². The number of carbonyl (C=O) groups excluding carboxylic acids is 1. The first kappa shape index (κ1) is 13.9. The number of hydrogen-bond acceptors (Lipinski definition) is 5. The van der Waals surface area contributed by atoms with Crippen LogP contribution < -0.4 is 0 Å². The summed E-state index contributed by atoms with van der Waals surface area (Å²) in [6.45, 7) is 1.31. The molecular formula is C9H7F3N2O4. The first-order chi connectivity index (χ1) is 8.38. The average molecular weight is 264 g/mol. The summed E-state index contributed by atoms with van der Waals surface area (Å²) in [7, 11) is 0. The number of alkyl halides is 2. The van der Waals surface area contributed by atoms with Gasteiger partial charge in [-0.05, 0) is 22.9 Å². The number of carbonyl (C=O) groups is 1. The molecule has 0 unspecified atom stereocenters. The van der Waals surface area contributed by atoms with Crippen molar-refractivity contribution in [3.8, 4) is 0 Å². The molecule has 1 aromatic rings. The molecule has 1 rings (SSSR count). The predicted molar refractivity (Wildman–Crippen MR) is 51.8 cm³/mol. The van der Waals surface area contributed by atoms with Crippen molar-refractivity contribution in [2.75, 3.05) is 6.61 Å². The van der Waals surface area contributed by atoms with Gasteiger partial charge in [-0.3, -0.25) is 0 Å². The molecule has 0 N–H and O–H groups in total. The third kappa shape index (κ3) is 2.73. The molecule has 98 valence electrons. The summed E-state index contributed by atoms with van der Waals surface area (Å²) < 4.78 is 42.3. The monoisotopic (exact) mass is 264 g/mol. The summed E-state index contributed by atoms with van der Waals surface area (Å²) in [6.07, 6.45) is -3.24. The molecule has 0 bridgehead atoms. The van der Waals surface area contributed by atoms with Crippen LogP contribution in [0.1, 0.15) is 29.3 Å². The summed E-state index contributed by atoms with van der Waals surface area (Å²) in [4.78, 5) is 23.5. The van der Waals surface area contributed by atoms with E-state index in [0.29, 0.717) is 6.07 Å². The normalized spacial score (nSPS) is 10.5. The SMILES string of the molecule is CCOC(=O)c1cc(C(F)F)c(F)nc1[N+](=O)[O-]. The second kappa shape index (κ2) is 5.43. The van der Waals surface area contributed by atoms with Crippen LogP contribution in [0, 0.1) is 16.1 Å². The number of aromatic nitrogens is 1. The van der Waals surface area contributed by atoms with E-state index in [1.165, 1.54) is 6.92 Å². The quantitative estimate of drug-likeness (QED) is 0.360. The number of ether oxygens (including phenoxy) is 1. The number of pyridine rings is 1. The smallest absolute Gasteiger partial charge is 0.381 e. The predicted octanol–water partition coefficient (Wildman–Crippen LogP) is 2.24. The average Bonchev–Trinajstić information content (AvgIpc) is 2.28. The summed E-state index contributed by atoms with van der Waals surface area (Å²) in [5, 5.41) is 10.5. The van der Waals surface area contributed by atoms with E-state index in [1.807, 2.05) is 0 Å². The molecule has 0 aliphatic rings. The van der Waals surface area contributed by atoms with E-state index in [9.17, 15) is 28.1 Å². The largest absolute Gasteiger partial charge is 0.462 e. The zero-order chi connectivity index (χ0) is 13.9. The van der Waals surface area contributed by atoms with Crippen molar-refractivity contribution in [1.82, 2.24) is 4.98 Å². The Kier molecular flexibility index (Phi) is 4.18. The van der Waals surface area contributed by atoms with E-state index in [-0.39, 0.29) is 6.61 Å². The molecule has 0 saturated heterocycles. The van der Waals surface area contributed by atoms with Crippen molar-refractivity contribution >= 4 is 11.8 Å². The van der Waals surface area contributed by atoms with Crippen LogP contribution in [-0.4, -0.2) is 22.5 Å². The van der Waals surface area contributed by atoms with Crippen LogP contribution in [0.15, 0.2) is 6.07 Å². The molecule has 6 nitrogen and oxygen atoms in total. The Morgan fingerprint density at radius 1 is 1.61 bits per heavy atom. The lowest BCUT2D eigenvalue weighted by molar-refractivity contribution is -0.390. The number of rotatable bonds is 4. The Balaban J connectivity index is 3.40. The van der Waals surface area contributed by atoms with Gasteiger partial charge < -0.3 is 14.9 Å². The van der Waals surface area contributed by atoms with Gasteiger partial charge in [-0.15, -0.1) is 0 Å². The molecule has 9 heteroatoms. The van der Waals surface area contributed by atoms with Gasteiger partial charge in [-0.2, -0.15) is 4.39 Å². The van der Waals surface area contributed by atoms with Crippen LogP contribution in [0.3, 0.4) is 0 Å². The zero-order valence-corrected chi connectivity index (χ0v) is 9.02. The Hall–Kier alpha value is -2.19. The van der Waals surface area contributed by atoms with Gasteiger partial charge >= 0.3 is 17.7 Å². The van der Waals surface area contributed by atoms with E-state index in [2.05, 4.69) is 9.72 Å². The van der Waals surface area contributed by atoms with Crippen molar-refractivity contribution in [3.63, 3.8) is 0 Å². The van der Waals surface area contributed by atoms with Gasteiger partial charge in [-0.1, -0.05) is 0 Å². The third-order valence-electron chi connectivity index (χ3n) is 1.89. The maximum absolute atomic E-state index is 13.0. The standard InChI is InChI=1S/C9H7F3N2O4/c1-2-18-9(15)5-3-4(6(10)11)7(12)13-8(5)14(16)17/h3,6H,2H2,1H3. The Morgan fingerprint density at radius 2 is 2.22 bits per heavy atom. The Morgan fingerprint density at radius 3 is 2.67 bits per heavy atom. The molecular weight excluding hydrogens is 257 g/mol. The van der Waals surface area contributed by atoms with E-state index < -0.39 is 40.2 Å². The first-order valence-corrected chi connectivity index (χ1v) is 4.68. The van der Waals surface area contributed by atoms with E-state index in [1.54, 1.807) is 0 Å². The molecule has 1 aromatic heterocycles. The van der Waals surface area contributed by atoms with Crippen molar-refractivity contribution in [2.24, 2.45) is 0 Å². The van der Waals surface area contributed by atoms with Gasteiger partial charge in [0.2, 0.25) is 0 Å². The number of halogens is 3. The summed E-state index contributed by atoms with van der Waals surface area (Å²) in [5.74, 6) is -4.06. The molecule has 0 fully saturated rings. The Labute approximate surface area is 98.5 Å². The van der Waals surface area contributed by atoms with Gasteiger partial charge in [0.05, 0.1) is 6.61 Å². The van der Waals surface area contributed by atoms with Gasteiger partial charge in [-0.25, -0.2) is 13.6 Å². The molecule has 0 aliphatic carbocycles. The maximum Gasteiger partial charge on any atom is 0.381 e. The van der Waals surface area contributed by atoms with Crippen LogP contribution in [0.2, 0.25) is 0 Å². The number of nitrogens with zero attached hydrogens (tertiary/aromatic N) is 2. The van der Waals surface area contributed by atoms with Crippen LogP contribution in [0.4, 0.5) is 19.0 Å². The fourth-order valence-corrected chi connectivity index (χ4v) is 1.15. The highest BCUT2D eigenvalue weighted by molar-refractivity contribution is 5.93. The highest BCUT2D eigenvalue weighted by atomic mass is 19.3. The van der Waals surface area contributed by atoms with Gasteiger partial charge in [0.15, 0.2) is 5.56 Å². The molecule has 0 aliphatic heterocycles. The fraction of sp³-hybridized carbons (Fsp3) is 0.333. The minimum absolute atomic E-state index is 0.114. The van der Waals surface area contributed by atoms with Gasteiger partial charge in [0.1, 0.15) is 5.56 Å². The van der Waals surface area contributed by atoms with Crippen molar-refractivity contribution < 1.29 is 27.6 Å². The van der Waals surface area contributed by atoms with Gasteiger partial charge in [0, 0.05) is 0 Å². The number of esters is 1. The first-order valence-electron chi connectivity index (χ1n) is 4.68. The van der Waals surface area contributed by atoms with Crippen LogP contribution >= 0.6 is 0 Å². The molecule has 0 amide bonds. The van der Waals surface area contributed by atoms with Crippen LogP contribution in [0.25, 0.3) is 0 Å². The molecule has 0 spiro atoms. The minimum atomic E-state index is -3.24. The molecule has 18 heavy (non-hydrogen) atoms. The second-order valence-corrected chi connectivity index (χ2v) is 3.02.